The first-order valence-electron chi connectivity index (χ1n) is 10.9. The number of likely N-dealkylation sites (tertiary alicyclic amines) is 1. The topological polar surface area (TPSA) is 54.7 Å². The lowest BCUT2D eigenvalue weighted by Crippen LogP contribution is -2.27. The highest BCUT2D eigenvalue weighted by atomic mass is 32.1. The number of halogens is 3. The fourth-order valence-electron chi connectivity index (χ4n) is 3.94. The van der Waals surface area contributed by atoms with Crippen molar-refractivity contribution in [1.29, 1.82) is 0 Å². The van der Waals surface area contributed by atoms with Gasteiger partial charge in [0.2, 0.25) is 0 Å². The first-order valence-corrected chi connectivity index (χ1v) is 11.8. The van der Waals surface area contributed by atoms with Crippen molar-refractivity contribution in [3.05, 3.63) is 86.2 Å². The van der Waals surface area contributed by atoms with Gasteiger partial charge in [0.15, 0.2) is 4.80 Å². The Kier molecular flexibility index (Phi) is 6.74. The normalized spacial score (nSPS) is 14.6. The van der Waals surface area contributed by atoms with Crippen LogP contribution in [0.4, 0.5) is 13.2 Å². The number of rotatable bonds is 4. The Bertz CT molecular complexity index is 1300. The molecule has 2 heterocycles. The number of amides is 2. The maximum atomic E-state index is 13.0. The number of carbonyl (C=O) groups is 2. The molecular formula is C25H24F3N3O2S. The molecule has 0 bridgehead atoms. The average Bonchev–Trinajstić information content (AvgIpc) is 3.43. The standard InChI is InChI=1S/C25H24F3N3O2S/c1-16-17(2)34-24(29-22(32)19-8-6-10-21(14-19)25(26,27)28)31(16)15-18-7-5-9-20(13-18)23(33)30-11-3-4-12-30/h5-10,13-14H,3-4,11-12,15H2,1-2H3. The summed E-state index contributed by atoms with van der Waals surface area (Å²) in [6.45, 7) is 5.71. The molecular weight excluding hydrogens is 463 g/mol. The highest BCUT2D eigenvalue weighted by Gasteiger charge is 2.31. The molecule has 2 aromatic carbocycles. The molecule has 3 aromatic rings. The highest BCUT2D eigenvalue weighted by Crippen LogP contribution is 2.29. The SMILES string of the molecule is Cc1sc(=NC(=O)c2cccc(C(F)(F)F)c2)n(Cc2cccc(C(=O)N3CCCC3)c2)c1C. The molecule has 1 fully saturated rings. The van der Waals surface area contributed by atoms with E-state index in [1.807, 2.05) is 41.5 Å². The third kappa shape index (κ3) is 5.14. The Morgan fingerprint density at radius 2 is 1.68 bits per heavy atom. The predicted octanol–water partition coefficient (Wildman–Crippen LogP) is 5.21. The van der Waals surface area contributed by atoms with Gasteiger partial charge in [-0.2, -0.15) is 18.2 Å². The number of hydrogen-bond donors (Lipinski definition) is 0. The van der Waals surface area contributed by atoms with E-state index in [-0.39, 0.29) is 11.5 Å². The van der Waals surface area contributed by atoms with Gasteiger partial charge in [0, 0.05) is 34.8 Å². The fourth-order valence-corrected chi connectivity index (χ4v) is 4.91. The van der Waals surface area contributed by atoms with Crippen molar-refractivity contribution in [2.45, 2.75) is 39.4 Å². The molecule has 0 unspecified atom stereocenters. The molecule has 0 aliphatic carbocycles. The molecule has 1 aromatic heterocycles. The number of thiazole rings is 1. The molecule has 0 spiro atoms. The monoisotopic (exact) mass is 487 g/mol. The smallest absolute Gasteiger partial charge is 0.339 e. The molecule has 5 nitrogen and oxygen atoms in total. The summed E-state index contributed by atoms with van der Waals surface area (Å²) in [7, 11) is 0. The van der Waals surface area contributed by atoms with Gasteiger partial charge in [-0.1, -0.05) is 18.2 Å². The molecule has 34 heavy (non-hydrogen) atoms. The first-order chi connectivity index (χ1) is 16.1. The Morgan fingerprint density at radius 3 is 2.38 bits per heavy atom. The number of carbonyl (C=O) groups excluding carboxylic acids is 2. The van der Waals surface area contributed by atoms with Crippen LogP contribution in [0.15, 0.2) is 53.5 Å². The highest BCUT2D eigenvalue weighted by molar-refractivity contribution is 7.09. The number of alkyl halides is 3. The minimum Gasteiger partial charge on any atom is -0.339 e. The maximum Gasteiger partial charge on any atom is 0.416 e. The second-order valence-corrected chi connectivity index (χ2v) is 9.49. The van der Waals surface area contributed by atoms with Crippen LogP contribution in [-0.2, 0) is 12.7 Å². The molecule has 1 aliphatic heterocycles. The summed E-state index contributed by atoms with van der Waals surface area (Å²) in [4.78, 5) is 32.8. The molecule has 0 atom stereocenters. The quantitative estimate of drug-likeness (QED) is 0.507. The van der Waals surface area contributed by atoms with Crippen molar-refractivity contribution in [2.75, 3.05) is 13.1 Å². The molecule has 0 radical (unpaired) electrons. The summed E-state index contributed by atoms with van der Waals surface area (Å²) in [5.74, 6) is -0.730. The number of benzene rings is 2. The summed E-state index contributed by atoms with van der Waals surface area (Å²) in [5.41, 5.74) is 1.38. The van der Waals surface area contributed by atoms with E-state index in [1.165, 1.54) is 23.5 Å². The van der Waals surface area contributed by atoms with Crippen molar-refractivity contribution < 1.29 is 22.8 Å². The van der Waals surface area contributed by atoms with Gasteiger partial charge >= 0.3 is 6.18 Å². The Labute approximate surface area is 199 Å². The fraction of sp³-hybridized carbons (Fsp3) is 0.320. The molecule has 0 N–H and O–H groups in total. The molecule has 178 valence electrons. The van der Waals surface area contributed by atoms with Gasteiger partial charge in [-0.25, -0.2) is 0 Å². The second-order valence-electron chi connectivity index (χ2n) is 8.31. The van der Waals surface area contributed by atoms with Gasteiger partial charge < -0.3 is 9.47 Å². The maximum absolute atomic E-state index is 13.0. The number of hydrogen-bond acceptors (Lipinski definition) is 3. The third-order valence-electron chi connectivity index (χ3n) is 5.93. The number of aryl methyl sites for hydroxylation is 1. The van der Waals surface area contributed by atoms with E-state index in [0.717, 1.165) is 54.2 Å². The Balaban J connectivity index is 1.64. The van der Waals surface area contributed by atoms with Crippen LogP contribution < -0.4 is 4.80 Å². The Morgan fingerprint density at radius 1 is 1.00 bits per heavy atom. The number of nitrogens with zero attached hydrogens (tertiary/aromatic N) is 3. The number of aromatic nitrogens is 1. The molecule has 1 aliphatic rings. The van der Waals surface area contributed by atoms with Crippen LogP contribution in [0.1, 0.15) is 55.3 Å². The van der Waals surface area contributed by atoms with E-state index in [9.17, 15) is 22.8 Å². The van der Waals surface area contributed by atoms with E-state index < -0.39 is 17.6 Å². The lowest BCUT2D eigenvalue weighted by molar-refractivity contribution is -0.137. The van der Waals surface area contributed by atoms with Gasteiger partial charge in [0.05, 0.1) is 12.1 Å². The molecule has 9 heteroatoms. The van der Waals surface area contributed by atoms with Crippen LogP contribution in [0, 0.1) is 13.8 Å². The summed E-state index contributed by atoms with van der Waals surface area (Å²) in [5, 5.41) is 0. The van der Waals surface area contributed by atoms with E-state index in [4.69, 9.17) is 0 Å². The lowest BCUT2D eigenvalue weighted by Gasteiger charge is -2.16. The summed E-state index contributed by atoms with van der Waals surface area (Å²) in [6.07, 6.45) is -2.51. The molecule has 2 amide bonds. The summed E-state index contributed by atoms with van der Waals surface area (Å²) >= 11 is 1.30. The van der Waals surface area contributed by atoms with Gasteiger partial charge in [-0.05, 0) is 62.6 Å². The minimum absolute atomic E-state index is 0.00667. The zero-order valence-electron chi connectivity index (χ0n) is 18.9. The molecule has 4 rings (SSSR count). The van der Waals surface area contributed by atoms with Crippen LogP contribution >= 0.6 is 11.3 Å². The van der Waals surface area contributed by atoms with Gasteiger partial charge in [0.1, 0.15) is 0 Å². The molecule has 0 saturated carbocycles. The van der Waals surface area contributed by atoms with Crippen molar-refractivity contribution in [3.63, 3.8) is 0 Å². The van der Waals surface area contributed by atoms with E-state index >= 15 is 0 Å². The second kappa shape index (κ2) is 9.58. The van der Waals surface area contributed by atoms with E-state index in [0.29, 0.717) is 16.9 Å². The van der Waals surface area contributed by atoms with Crippen LogP contribution in [0.25, 0.3) is 0 Å². The van der Waals surface area contributed by atoms with Gasteiger partial charge in [-0.3, -0.25) is 9.59 Å². The van der Waals surface area contributed by atoms with Crippen LogP contribution in [0.3, 0.4) is 0 Å². The first kappa shape index (κ1) is 23.9. The third-order valence-corrected chi connectivity index (χ3v) is 7.03. The van der Waals surface area contributed by atoms with Crippen molar-refractivity contribution in [3.8, 4) is 0 Å². The lowest BCUT2D eigenvalue weighted by atomic mass is 10.1. The minimum atomic E-state index is -4.54. The molecule has 1 saturated heterocycles. The zero-order valence-corrected chi connectivity index (χ0v) is 19.7. The average molecular weight is 488 g/mol. The summed E-state index contributed by atoms with van der Waals surface area (Å²) < 4.78 is 41.0. The summed E-state index contributed by atoms with van der Waals surface area (Å²) in [6, 6.07) is 11.6. The van der Waals surface area contributed by atoms with Crippen molar-refractivity contribution in [2.24, 2.45) is 4.99 Å². The van der Waals surface area contributed by atoms with Crippen LogP contribution in [-0.4, -0.2) is 34.4 Å². The van der Waals surface area contributed by atoms with Crippen molar-refractivity contribution >= 4 is 23.2 Å². The Hall–Kier alpha value is -3.20. The van der Waals surface area contributed by atoms with Crippen LogP contribution in [0.2, 0.25) is 0 Å². The van der Waals surface area contributed by atoms with Gasteiger partial charge in [-0.15, -0.1) is 11.3 Å². The predicted molar refractivity (Wildman–Crippen MR) is 124 cm³/mol. The van der Waals surface area contributed by atoms with Gasteiger partial charge in [0.25, 0.3) is 11.8 Å². The van der Waals surface area contributed by atoms with E-state index in [2.05, 4.69) is 4.99 Å². The van der Waals surface area contributed by atoms with E-state index in [1.54, 1.807) is 6.07 Å². The van der Waals surface area contributed by atoms with Crippen LogP contribution in [0.5, 0.6) is 0 Å². The largest absolute Gasteiger partial charge is 0.416 e. The zero-order chi connectivity index (χ0) is 24.5. The van der Waals surface area contributed by atoms with Crippen molar-refractivity contribution in [1.82, 2.24) is 9.47 Å².